The first kappa shape index (κ1) is 26.9. The van der Waals surface area contributed by atoms with E-state index in [0.717, 1.165) is 16.7 Å². The van der Waals surface area contributed by atoms with Crippen LogP contribution in [0.15, 0.2) is 140 Å². The number of halogens is 2. The van der Waals surface area contributed by atoms with Gasteiger partial charge >= 0.3 is 0 Å². The fourth-order valence-electron chi connectivity index (χ4n) is 5.37. The van der Waals surface area contributed by atoms with Crippen LogP contribution < -0.4 is 0 Å². The fraction of sp³-hybridized carbons (Fsp3) is 0.0571. The van der Waals surface area contributed by atoms with E-state index in [1.165, 1.54) is 24.3 Å². The van der Waals surface area contributed by atoms with Gasteiger partial charge in [-0.1, -0.05) is 115 Å². The lowest BCUT2D eigenvalue weighted by molar-refractivity contribution is 0.349. The zero-order chi connectivity index (χ0) is 28.9. The molecule has 0 saturated carbocycles. The van der Waals surface area contributed by atoms with E-state index in [-0.39, 0.29) is 5.82 Å². The van der Waals surface area contributed by atoms with Crippen LogP contribution in [-0.2, 0) is 5.54 Å². The van der Waals surface area contributed by atoms with E-state index in [1.807, 2.05) is 91.0 Å². The zero-order valence-electron chi connectivity index (χ0n) is 22.5. The molecule has 0 bridgehead atoms. The van der Waals surface area contributed by atoms with Gasteiger partial charge in [0.15, 0.2) is 5.54 Å². The van der Waals surface area contributed by atoms with Crippen LogP contribution in [0.5, 0.6) is 0 Å². The van der Waals surface area contributed by atoms with Gasteiger partial charge in [-0.15, -0.1) is 15.0 Å². The third-order valence-corrected chi connectivity index (χ3v) is 7.28. The molecular weight excluding hydrogens is 530 g/mol. The van der Waals surface area contributed by atoms with E-state index < -0.39 is 23.8 Å². The third kappa shape index (κ3) is 4.91. The molecule has 1 heterocycles. The van der Waals surface area contributed by atoms with Crippen molar-refractivity contribution < 1.29 is 13.9 Å². The molecule has 0 aliphatic heterocycles. The minimum absolute atomic E-state index is 0.188. The fourth-order valence-corrected chi connectivity index (χ4v) is 5.37. The standard InChI is InChI=1S/C35H26F2N4O/c36-30-20-16-25(17-21-30)33(26-18-22-31(37)23-19-26)32(24-42)34-38-40-41(39-34)35(27-10-4-1-5-11-27,28-12-6-2-7-13-28)29-14-8-3-9-15-29/h1-23,42H,24H2. The Morgan fingerprint density at radius 3 is 1.38 bits per heavy atom. The van der Waals surface area contributed by atoms with E-state index in [1.54, 1.807) is 29.1 Å². The summed E-state index contributed by atoms with van der Waals surface area (Å²) in [6.45, 7) is -0.440. The van der Waals surface area contributed by atoms with E-state index >= 15 is 0 Å². The Morgan fingerprint density at radius 2 is 1.00 bits per heavy atom. The minimum atomic E-state index is -0.999. The maximum absolute atomic E-state index is 13.9. The highest BCUT2D eigenvalue weighted by molar-refractivity contribution is 5.97. The van der Waals surface area contributed by atoms with Crippen LogP contribution in [0.1, 0.15) is 33.6 Å². The van der Waals surface area contributed by atoms with Crippen molar-refractivity contribution in [3.05, 3.63) is 185 Å². The number of aliphatic hydroxyl groups is 1. The number of aromatic nitrogens is 4. The predicted octanol–water partition coefficient (Wildman–Crippen LogP) is 6.74. The second-order valence-electron chi connectivity index (χ2n) is 9.74. The second kappa shape index (κ2) is 11.7. The molecule has 206 valence electrons. The number of aliphatic hydroxyl groups excluding tert-OH is 1. The Hall–Kier alpha value is -5.27. The predicted molar refractivity (Wildman–Crippen MR) is 158 cm³/mol. The Balaban J connectivity index is 1.63. The van der Waals surface area contributed by atoms with Crippen molar-refractivity contribution in [3.63, 3.8) is 0 Å². The van der Waals surface area contributed by atoms with Gasteiger partial charge in [-0.05, 0) is 62.9 Å². The lowest BCUT2D eigenvalue weighted by Gasteiger charge is -2.34. The van der Waals surface area contributed by atoms with Crippen LogP contribution in [0.25, 0.3) is 11.1 Å². The largest absolute Gasteiger partial charge is 0.392 e. The first-order valence-electron chi connectivity index (χ1n) is 13.4. The van der Waals surface area contributed by atoms with Gasteiger partial charge in [-0.3, -0.25) is 0 Å². The highest BCUT2D eigenvalue weighted by atomic mass is 19.1. The van der Waals surface area contributed by atoms with Crippen molar-refractivity contribution in [2.24, 2.45) is 0 Å². The van der Waals surface area contributed by atoms with Crippen molar-refractivity contribution in [2.75, 3.05) is 6.61 Å². The number of tetrazole rings is 1. The maximum atomic E-state index is 13.9. The van der Waals surface area contributed by atoms with Crippen molar-refractivity contribution in [1.29, 1.82) is 0 Å². The maximum Gasteiger partial charge on any atom is 0.203 e. The highest BCUT2D eigenvalue weighted by Crippen LogP contribution is 2.40. The van der Waals surface area contributed by atoms with Crippen molar-refractivity contribution in [3.8, 4) is 0 Å². The summed E-state index contributed by atoms with van der Waals surface area (Å²) in [6.07, 6.45) is 0. The van der Waals surface area contributed by atoms with Gasteiger partial charge in [-0.2, -0.15) is 0 Å². The van der Waals surface area contributed by atoms with Crippen LogP contribution in [0, 0.1) is 11.6 Å². The van der Waals surface area contributed by atoms with Crippen LogP contribution in [0.3, 0.4) is 0 Å². The topological polar surface area (TPSA) is 63.8 Å². The Labute approximate surface area is 242 Å². The SMILES string of the molecule is OCC(=C(c1ccc(F)cc1)c1ccc(F)cc1)c1nnn(C(c2ccccc2)(c2ccccc2)c2ccccc2)n1. The average Bonchev–Trinajstić information content (AvgIpc) is 3.53. The number of benzene rings is 5. The molecule has 7 heteroatoms. The van der Waals surface area contributed by atoms with Crippen molar-refractivity contribution >= 4 is 11.1 Å². The van der Waals surface area contributed by atoms with E-state index in [0.29, 0.717) is 22.3 Å². The smallest absolute Gasteiger partial charge is 0.203 e. The number of hydrogen-bond acceptors (Lipinski definition) is 4. The monoisotopic (exact) mass is 556 g/mol. The molecule has 5 aromatic carbocycles. The molecule has 1 N–H and O–H groups in total. The average molecular weight is 557 g/mol. The molecule has 0 radical (unpaired) electrons. The van der Waals surface area contributed by atoms with E-state index in [2.05, 4.69) is 10.3 Å². The summed E-state index contributed by atoms with van der Waals surface area (Å²) in [5.41, 5.74) is 3.88. The van der Waals surface area contributed by atoms with E-state index in [9.17, 15) is 13.9 Å². The molecule has 0 amide bonds. The first-order chi connectivity index (χ1) is 20.6. The summed E-state index contributed by atoms with van der Waals surface area (Å²) in [5.74, 6) is -0.608. The summed E-state index contributed by atoms with van der Waals surface area (Å²) >= 11 is 0. The van der Waals surface area contributed by atoms with Gasteiger partial charge in [0.1, 0.15) is 11.6 Å². The molecule has 0 fully saturated rings. The molecule has 0 atom stereocenters. The minimum Gasteiger partial charge on any atom is -0.392 e. The molecule has 6 rings (SSSR count). The Kier molecular flexibility index (Phi) is 7.49. The second-order valence-corrected chi connectivity index (χ2v) is 9.74. The molecule has 42 heavy (non-hydrogen) atoms. The Morgan fingerprint density at radius 1 is 0.595 bits per heavy atom. The molecule has 0 aliphatic rings. The first-order valence-corrected chi connectivity index (χ1v) is 13.4. The van der Waals surface area contributed by atoms with E-state index in [4.69, 9.17) is 5.10 Å². The van der Waals surface area contributed by atoms with Gasteiger partial charge in [0.05, 0.1) is 6.61 Å². The molecule has 6 aromatic rings. The summed E-state index contributed by atoms with van der Waals surface area (Å²) in [7, 11) is 0. The molecule has 1 aromatic heterocycles. The molecule has 0 unspecified atom stereocenters. The summed E-state index contributed by atoms with van der Waals surface area (Å²) in [6, 6.07) is 41.6. The molecule has 0 spiro atoms. The number of nitrogens with zero attached hydrogens (tertiary/aromatic N) is 4. The normalized spacial score (nSPS) is 11.3. The van der Waals surface area contributed by atoms with Gasteiger partial charge < -0.3 is 5.11 Å². The van der Waals surface area contributed by atoms with Crippen LogP contribution in [0.2, 0.25) is 0 Å². The molecule has 0 aliphatic carbocycles. The van der Waals surface area contributed by atoms with Crippen LogP contribution >= 0.6 is 0 Å². The zero-order valence-corrected chi connectivity index (χ0v) is 22.5. The number of rotatable bonds is 8. The molecule has 5 nitrogen and oxygen atoms in total. The lowest BCUT2D eigenvalue weighted by atomic mass is 9.77. The van der Waals surface area contributed by atoms with Crippen LogP contribution in [0.4, 0.5) is 8.78 Å². The quantitative estimate of drug-likeness (QED) is 0.211. The third-order valence-electron chi connectivity index (χ3n) is 7.28. The van der Waals surface area contributed by atoms with Gasteiger partial charge in [0.25, 0.3) is 0 Å². The number of hydrogen-bond donors (Lipinski definition) is 1. The summed E-state index contributed by atoms with van der Waals surface area (Å²) in [4.78, 5) is 1.57. The Bertz CT molecular complexity index is 1660. The molecular formula is C35H26F2N4O. The highest BCUT2D eigenvalue weighted by Gasteiger charge is 2.41. The van der Waals surface area contributed by atoms with Crippen LogP contribution in [-0.4, -0.2) is 31.9 Å². The summed E-state index contributed by atoms with van der Waals surface area (Å²) < 4.78 is 27.8. The summed E-state index contributed by atoms with van der Waals surface area (Å²) in [5, 5.41) is 24.7. The molecule has 0 saturated heterocycles. The van der Waals surface area contributed by atoms with Gasteiger partial charge in [0, 0.05) is 5.57 Å². The van der Waals surface area contributed by atoms with Gasteiger partial charge in [0.2, 0.25) is 5.82 Å². The van der Waals surface area contributed by atoms with Gasteiger partial charge in [-0.25, -0.2) is 8.78 Å². The van der Waals surface area contributed by atoms with Crippen molar-refractivity contribution in [1.82, 2.24) is 20.2 Å². The van der Waals surface area contributed by atoms with Crippen molar-refractivity contribution in [2.45, 2.75) is 5.54 Å². The lowest BCUT2D eigenvalue weighted by Crippen LogP contribution is -2.39.